The van der Waals surface area contributed by atoms with E-state index in [0.717, 1.165) is 21.8 Å². The second-order valence-corrected chi connectivity index (χ2v) is 9.09. The molecule has 0 saturated heterocycles. The number of carbonyl (C=O) groups is 1. The van der Waals surface area contributed by atoms with Crippen molar-refractivity contribution in [1.82, 2.24) is 5.43 Å². The summed E-state index contributed by atoms with van der Waals surface area (Å²) in [5, 5.41) is 7.59. The molecular weight excluding hydrogens is 390 g/mol. The van der Waals surface area contributed by atoms with Crippen LogP contribution in [0.4, 0.5) is 5.69 Å². The number of nitrogens with zero attached hydrogens (tertiary/aromatic N) is 1. The fourth-order valence-electron chi connectivity index (χ4n) is 2.04. The Morgan fingerprint density at radius 1 is 1.08 bits per heavy atom. The first-order chi connectivity index (χ1) is 12.5. The molecule has 26 heavy (non-hydrogen) atoms. The number of thiophene rings is 2. The molecule has 0 aliphatic heterocycles. The Morgan fingerprint density at radius 2 is 1.85 bits per heavy atom. The van der Waals surface area contributed by atoms with E-state index >= 15 is 0 Å². The number of anilines is 1. The number of hydrazone groups is 1. The quantitative estimate of drug-likeness (QED) is 0.484. The Kier molecular flexibility index (Phi) is 5.50. The molecule has 0 unspecified atom stereocenters. The Hall–Kier alpha value is -2.49. The minimum absolute atomic E-state index is 0.234. The van der Waals surface area contributed by atoms with Crippen LogP contribution >= 0.6 is 22.7 Å². The van der Waals surface area contributed by atoms with Gasteiger partial charge in [-0.15, -0.1) is 22.7 Å². The van der Waals surface area contributed by atoms with Crippen molar-refractivity contribution >= 4 is 50.5 Å². The lowest BCUT2D eigenvalue weighted by molar-refractivity contribution is 0.0955. The molecular formula is C17H15N3O3S3. The van der Waals surface area contributed by atoms with Crippen molar-refractivity contribution in [1.29, 1.82) is 0 Å². The van der Waals surface area contributed by atoms with Crippen LogP contribution in [-0.4, -0.2) is 20.5 Å². The van der Waals surface area contributed by atoms with Gasteiger partial charge < -0.3 is 0 Å². The van der Waals surface area contributed by atoms with E-state index in [9.17, 15) is 13.2 Å². The molecule has 1 aromatic carbocycles. The highest BCUT2D eigenvalue weighted by molar-refractivity contribution is 7.94. The van der Waals surface area contributed by atoms with Gasteiger partial charge in [-0.1, -0.05) is 6.07 Å². The van der Waals surface area contributed by atoms with E-state index in [4.69, 9.17) is 0 Å². The molecule has 3 rings (SSSR count). The maximum Gasteiger partial charge on any atom is 0.271 e. The minimum atomic E-state index is -3.60. The summed E-state index contributed by atoms with van der Waals surface area (Å²) in [6.07, 6.45) is 1.60. The zero-order valence-electron chi connectivity index (χ0n) is 13.7. The fourth-order valence-corrected chi connectivity index (χ4v) is 4.88. The molecule has 0 bridgehead atoms. The molecule has 2 N–H and O–H groups in total. The number of nitrogens with one attached hydrogen (secondary N) is 2. The molecule has 0 aliphatic carbocycles. The zero-order chi connectivity index (χ0) is 18.6. The van der Waals surface area contributed by atoms with Crippen LogP contribution in [0.2, 0.25) is 0 Å². The van der Waals surface area contributed by atoms with E-state index < -0.39 is 10.0 Å². The largest absolute Gasteiger partial charge is 0.279 e. The average molecular weight is 406 g/mol. The van der Waals surface area contributed by atoms with Crippen molar-refractivity contribution in [3.8, 4) is 0 Å². The van der Waals surface area contributed by atoms with Gasteiger partial charge in [-0.3, -0.25) is 9.52 Å². The first-order valence-electron chi connectivity index (χ1n) is 7.49. The topological polar surface area (TPSA) is 87.6 Å². The van der Waals surface area contributed by atoms with Crippen LogP contribution < -0.4 is 10.1 Å². The molecule has 0 spiro atoms. The van der Waals surface area contributed by atoms with Gasteiger partial charge in [0.05, 0.1) is 6.21 Å². The second kappa shape index (κ2) is 7.81. The van der Waals surface area contributed by atoms with Gasteiger partial charge in [-0.25, -0.2) is 13.8 Å². The minimum Gasteiger partial charge on any atom is -0.279 e. The number of amides is 1. The third-order valence-corrected chi connectivity index (χ3v) is 7.14. The van der Waals surface area contributed by atoms with Gasteiger partial charge in [0.15, 0.2) is 0 Å². The van der Waals surface area contributed by atoms with Gasteiger partial charge in [0.2, 0.25) is 0 Å². The van der Waals surface area contributed by atoms with Gasteiger partial charge in [0.1, 0.15) is 4.21 Å². The normalized spacial score (nSPS) is 11.6. The van der Waals surface area contributed by atoms with Crippen molar-refractivity contribution in [2.45, 2.75) is 11.1 Å². The molecule has 1 amide bonds. The van der Waals surface area contributed by atoms with Crippen LogP contribution in [0.1, 0.15) is 20.8 Å². The van der Waals surface area contributed by atoms with Crippen LogP contribution in [-0.2, 0) is 10.0 Å². The molecule has 0 radical (unpaired) electrons. The van der Waals surface area contributed by atoms with Crippen molar-refractivity contribution in [3.05, 3.63) is 69.2 Å². The number of carbonyl (C=O) groups excluding carboxylic acids is 1. The lowest BCUT2D eigenvalue weighted by atomic mass is 10.2. The molecule has 9 heteroatoms. The van der Waals surface area contributed by atoms with E-state index in [2.05, 4.69) is 15.2 Å². The average Bonchev–Trinajstić information content (AvgIpc) is 3.28. The molecule has 0 fully saturated rings. The number of aryl methyl sites for hydroxylation is 1. The highest BCUT2D eigenvalue weighted by Gasteiger charge is 2.15. The molecule has 6 nitrogen and oxygen atoms in total. The Balaban J connectivity index is 1.63. The summed E-state index contributed by atoms with van der Waals surface area (Å²) < 4.78 is 27.0. The SMILES string of the molecule is Cc1ccsc1C=NNC(=O)c1ccc(NS(=O)(=O)c2cccs2)cc1. The summed E-state index contributed by atoms with van der Waals surface area (Å²) in [5.74, 6) is -0.372. The summed E-state index contributed by atoms with van der Waals surface area (Å²) in [4.78, 5) is 13.1. The van der Waals surface area contributed by atoms with Crippen LogP contribution in [0.3, 0.4) is 0 Å². The molecule has 2 heterocycles. The zero-order valence-corrected chi connectivity index (χ0v) is 16.1. The molecule has 0 aliphatic rings. The highest BCUT2D eigenvalue weighted by atomic mass is 32.2. The van der Waals surface area contributed by atoms with Crippen LogP contribution in [0.25, 0.3) is 0 Å². The van der Waals surface area contributed by atoms with Crippen LogP contribution in [0.5, 0.6) is 0 Å². The number of hydrogen-bond donors (Lipinski definition) is 2. The summed E-state index contributed by atoms with van der Waals surface area (Å²) >= 11 is 2.67. The lowest BCUT2D eigenvalue weighted by Crippen LogP contribution is -2.17. The van der Waals surface area contributed by atoms with Gasteiger partial charge >= 0.3 is 0 Å². The predicted molar refractivity (Wildman–Crippen MR) is 106 cm³/mol. The Labute approximate surface area is 159 Å². The first kappa shape index (κ1) is 18.3. The van der Waals surface area contributed by atoms with Gasteiger partial charge in [0.25, 0.3) is 15.9 Å². The Morgan fingerprint density at radius 3 is 2.46 bits per heavy atom. The van der Waals surface area contributed by atoms with E-state index in [1.807, 2.05) is 18.4 Å². The maximum absolute atomic E-state index is 12.2. The molecule has 134 valence electrons. The van der Waals surface area contributed by atoms with E-state index in [1.165, 1.54) is 41.7 Å². The molecule has 0 saturated carbocycles. The maximum atomic E-state index is 12.2. The predicted octanol–water partition coefficient (Wildman–Crippen LogP) is 3.68. The lowest BCUT2D eigenvalue weighted by Gasteiger charge is -2.07. The Bertz CT molecular complexity index is 1020. The van der Waals surface area contributed by atoms with Gasteiger partial charge in [-0.05, 0) is 59.6 Å². The number of hydrogen-bond acceptors (Lipinski definition) is 6. The van der Waals surface area contributed by atoms with Gasteiger partial charge in [0, 0.05) is 16.1 Å². The standard InChI is InChI=1S/C17H15N3O3S3/c1-12-8-10-24-15(12)11-18-19-17(21)13-4-6-14(7-5-13)20-26(22,23)16-3-2-9-25-16/h2-11,20H,1H3,(H,19,21). The van der Waals surface area contributed by atoms with E-state index in [1.54, 1.807) is 17.7 Å². The number of benzene rings is 1. The van der Waals surface area contributed by atoms with Crippen LogP contribution in [0, 0.1) is 6.92 Å². The molecule has 0 atom stereocenters. The third-order valence-electron chi connectivity index (χ3n) is 3.41. The van der Waals surface area contributed by atoms with Crippen molar-refractivity contribution < 1.29 is 13.2 Å². The van der Waals surface area contributed by atoms with Crippen molar-refractivity contribution in [3.63, 3.8) is 0 Å². The van der Waals surface area contributed by atoms with Crippen molar-refractivity contribution in [2.24, 2.45) is 5.10 Å². The molecule has 2 aromatic heterocycles. The van der Waals surface area contributed by atoms with E-state index in [0.29, 0.717) is 11.3 Å². The first-order valence-corrected chi connectivity index (χ1v) is 10.7. The van der Waals surface area contributed by atoms with E-state index in [-0.39, 0.29) is 10.1 Å². The number of sulfonamides is 1. The molecule has 3 aromatic rings. The second-order valence-electron chi connectivity index (χ2n) is 5.28. The smallest absolute Gasteiger partial charge is 0.271 e. The monoisotopic (exact) mass is 405 g/mol. The summed E-state index contributed by atoms with van der Waals surface area (Å²) in [5.41, 5.74) is 4.31. The van der Waals surface area contributed by atoms with Gasteiger partial charge in [-0.2, -0.15) is 5.10 Å². The van der Waals surface area contributed by atoms with Crippen molar-refractivity contribution in [2.75, 3.05) is 4.72 Å². The number of rotatable bonds is 6. The third kappa shape index (κ3) is 4.37. The highest BCUT2D eigenvalue weighted by Crippen LogP contribution is 2.20. The fraction of sp³-hybridized carbons (Fsp3) is 0.0588. The van der Waals surface area contributed by atoms with Crippen LogP contribution in [0.15, 0.2) is 62.5 Å². The summed E-state index contributed by atoms with van der Waals surface area (Å²) in [6, 6.07) is 11.3. The summed E-state index contributed by atoms with van der Waals surface area (Å²) in [6.45, 7) is 1.97. The summed E-state index contributed by atoms with van der Waals surface area (Å²) in [7, 11) is -3.60.